The number of imide groups is 1. The van der Waals surface area contributed by atoms with Gasteiger partial charge in [0.2, 0.25) is 0 Å². The smallest absolute Gasteiger partial charge is 0.267 e. The molecule has 6 nitrogen and oxygen atoms in total. The van der Waals surface area contributed by atoms with Gasteiger partial charge in [0.25, 0.3) is 11.8 Å². The fourth-order valence-electron chi connectivity index (χ4n) is 2.40. The second kappa shape index (κ2) is 5.25. The number of thiophene rings is 2. The van der Waals surface area contributed by atoms with Crippen molar-refractivity contribution < 1.29 is 9.59 Å². The lowest BCUT2D eigenvalue weighted by Crippen LogP contribution is -2.44. The van der Waals surface area contributed by atoms with Gasteiger partial charge in [-0.2, -0.15) is 5.01 Å². The van der Waals surface area contributed by atoms with Gasteiger partial charge in [0.15, 0.2) is 5.82 Å². The third-order valence-electron chi connectivity index (χ3n) is 3.43. The Kier molecular flexibility index (Phi) is 3.21. The minimum atomic E-state index is -0.372. The van der Waals surface area contributed by atoms with E-state index in [1.54, 1.807) is 11.9 Å². The summed E-state index contributed by atoms with van der Waals surface area (Å²) in [4.78, 5) is 34.2. The fraction of sp³-hybridized carbons (Fsp3) is 0.0667. The number of anilines is 2. The summed E-state index contributed by atoms with van der Waals surface area (Å²) in [5, 5.41) is 8.03. The summed E-state index contributed by atoms with van der Waals surface area (Å²) in [7, 11) is 0. The highest BCUT2D eigenvalue weighted by atomic mass is 32.1. The SMILES string of the molecule is CC1=CC(=O)N(N(c2cccs2)c2ncnc3sccc23)C1=O. The molecule has 4 heterocycles. The largest absolute Gasteiger partial charge is 0.276 e. The van der Waals surface area contributed by atoms with Gasteiger partial charge in [-0.25, -0.2) is 15.0 Å². The Balaban J connectivity index is 1.93. The molecule has 114 valence electrons. The van der Waals surface area contributed by atoms with E-state index in [1.165, 1.54) is 35.1 Å². The van der Waals surface area contributed by atoms with Crippen LogP contribution in [-0.2, 0) is 9.59 Å². The number of hydrazine groups is 1. The van der Waals surface area contributed by atoms with Crippen LogP contribution >= 0.6 is 22.7 Å². The lowest BCUT2D eigenvalue weighted by molar-refractivity contribution is -0.137. The van der Waals surface area contributed by atoms with Gasteiger partial charge in [-0.15, -0.1) is 22.7 Å². The molecule has 0 N–H and O–H groups in total. The van der Waals surface area contributed by atoms with Gasteiger partial charge in [-0.3, -0.25) is 9.59 Å². The Labute approximate surface area is 139 Å². The van der Waals surface area contributed by atoms with E-state index in [2.05, 4.69) is 9.97 Å². The van der Waals surface area contributed by atoms with Crippen LogP contribution in [0.5, 0.6) is 0 Å². The lowest BCUT2D eigenvalue weighted by Gasteiger charge is -2.30. The van der Waals surface area contributed by atoms with Gasteiger partial charge in [0.1, 0.15) is 16.2 Å². The molecule has 0 radical (unpaired) electrons. The molecule has 2 amide bonds. The number of hydrogen-bond donors (Lipinski definition) is 0. The molecule has 8 heteroatoms. The van der Waals surface area contributed by atoms with Gasteiger partial charge in [-0.1, -0.05) is 0 Å². The maximum Gasteiger partial charge on any atom is 0.276 e. The number of amides is 2. The van der Waals surface area contributed by atoms with Crippen molar-refractivity contribution in [1.82, 2.24) is 15.0 Å². The molecule has 4 rings (SSSR count). The fourth-order valence-corrected chi connectivity index (χ4v) is 3.85. The van der Waals surface area contributed by atoms with E-state index in [0.717, 1.165) is 20.2 Å². The van der Waals surface area contributed by atoms with Crippen LogP contribution in [-0.4, -0.2) is 26.8 Å². The van der Waals surface area contributed by atoms with Crippen LogP contribution in [0.1, 0.15) is 6.92 Å². The Morgan fingerprint density at radius 3 is 2.70 bits per heavy atom. The van der Waals surface area contributed by atoms with E-state index in [4.69, 9.17) is 0 Å². The first-order valence-corrected chi connectivity index (χ1v) is 8.51. The molecule has 0 aliphatic carbocycles. The molecule has 1 aliphatic rings. The summed E-state index contributed by atoms with van der Waals surface area (Å²) in [6, 6.07) is 5.60. The van der Waals surface area contributed by atoms with Crippen molar-refractivity contribution in [3.63, 3.8) is 0 Å². The van der Waals surface area contributed by atoms with Crippen molar-refractivity contribution in [3.05, 3.63) is 46.9 Å². The summed E-state index contributed by atoms with van der Waals surface area (Å²) < 4.78 is 0. The molecule has 0 unspecified atom stereocenters. The first-order chi connectivity index (χ1) is 11.2. The highest BCUT2D eigenvalue weighted by molar-refractivity contribution is 7.16. The first-order valence-electron chi connectivity index (χ1n) is 6.75. The van der Waals surface area contributed by atoms with Gasteiger partial charge >= 0.3 is 0 Å². The highest BCUT2D eigenvalue weighted by Gasteiger charge is 2.36. The molecular weight excluding hydrogens is 332 g/mol. The van der Waals surface area contributed by atoms with Crippen LogP contribution in [0.25, 0.3) is 10.2 Å². The van der Waals surface area contributed by atoms with Gasteiger partial charge in [-0.05, 0) is 35.9 Å². The average molecular weight is 342 g/mol. The molecule has 3 aromatic rings. The quantitative estimate of drug-likeness (QED) is 0.684. The molecule has 0 bridgehead atoms. The topological polar surface area (TPSA) is 66.4 Å². The van der Waals surface area contributed by atoms with Crippen LogP contribution in [0, 0.1) is 0 Å². The maximum absolute atomic E-state index is 12.5. The molecule has 1 aliphatic heterocycles. The number of carbonyl (C=O) groups excluding carboxylic acids is 2. The summed E-state index contributed by atoms with van der Waals surface area (Å²) in [5.41, 5.74) is 0.409. The number of rotatable bonds is 3. The molecule has 0 fully saturated rings. The third kappa shape index (κ3) is 2.14. The van der Waals surface area contributed by atoms with Crippen molar-refractivity contribution >= 4 is 55.5 Å². The number of aromatic nitrogens is 2. The van der Waals surface area contributed by atoms with Gasteiger partial charge in [0, 0.05) is 11.6 Å². The van der Waals surface area contributed by atoms with E-state index < -0.39 is 0 Å². The van der Waals surface area contributed by atoms with Crippen LogP contribution in [0.3, 0.4) is 0 Å². The van der Waals surface area contributed by atoms with E-state index >= 15 is 0 Å². The predicted molar refractivity (Wildman–Crippen MR) is 89.5 cm³/mol. The van der Waals surface area contributed by atoms with Crippen LogP contribution in [0.4, 0.5) is 10.8 Å². The molecule has 3 aromatic heterocycles. The first kappa shape index (κ1) is 14.0. The molecule has 0 aromatic carbocycles. The minimum Gasteiger partial charge on any atom is -0.267 e. The zero-order valence-electron chi connectivity index (χ0n) is 12.0. The Hall–Kier alpha value is -2.58. The van der Waals surface area contributed by atoms with E-state index in [0.29, 0.717) is 11.4 Å². The van der Waals surface area contributed by atoms with Crippen molar-refractivity contribution in [1.29, 1.82) is 0 Å². The normalized spacial score (nSPS) is 14.7. The summed E-state index contributed by atoms with van der Waals surface area (Å²) in [5.74, 6) is -0.197. The van der Waals surface area contributed by atoms with Crippen LogP contribution < -0.4 is 5.01 Å². The number of hydrogen-bond acceptors (Lipinski definition) is 7. The number of nitrogens with zero attached hydrogens (tertiary/aromatic N) is 4. The van der Waals surface area contributed by atoms with Crippen molar-refractivity contribution in [2.24, 2.45) is 0 Å². The zero-order valence-corrected chi connectivity index (χ0v) is 13.6. The van der Waals surface area contributed by atoms with Crippen molar-refractivity contribution in [3.8, 4) is 0 Å². The standard InChI is InChI=1S/C15H10N4O2S2/c1-9-7-11(20)18(15(9)21)19(12-3-2-5-22-12)13-10-4-6-23-14(10)17-8-16-13/h2-8H,1H3. The van der Waals surface area contributed by atoms with Gasteiger partial charge < -0.3 is 0 Å². The van der Waals surface area contributed by atoms with Crippen molar-refractivity contribution in [2.45, 2.75) is 6.92 Å². The van der Waals surface area contributed by atoms with E-state index in [-0.39, 0.29) is 11.8 Å². The van der Waals surface area contributed by atoms with E-state index in [9.17, 15) is 9.59 Å². The monoisotopic (exact) mass is 342 g/mol. The molecular formula is C15H10N4O2S2. The minimum absolute atomic E-state index is 0.342. The van der Waals surface area contributed by atoms with Crippen LogP contribution in [0.15, 0.2) is 46.9 Å². The molecule has 0 spiro atoms. The molecule has 0 saturated heterocycles. The second-order valence-corrected chi connectivity index (χ2v) is 6.70. The Bertz CT molecular complexity index is 945. The highest BCUT2D eigenvalue weighted by Crippen LogP contribution is 2.37. The lowest BCUT2D eigenvalue weighted by atomic mass is 10.3. The Morgan fingerprint density at radius 2 is 2.00 bits per heavy atom. The summed E-state index contributed by atoms with van der Waals surface area (Å²) in [6.07, 6.45) is 2.79. The third-order valence-corrected chi connectivity index (χ3v) is 5.10. The van der Waals surface area contributed by atoms with Crippen molar-refractivity contribution in [2.75, 3.05) is 5.01 Å². The van der Waals surface area contributed by atoms with Crippen LogP contribution in [0.2, 0.25) is 0 Å². The second-order valence-electron chi connectivity index (χ2n) is 4.88. The van der Waals surface area contributed by atoms with Gasteiger partial charge in [0.05, 0.1) is 5.39 Å². The molecule has 0 saturated carbocycles. The predicted octanol–water partition coefficient (Wildman–Crippen LogP) is 3.12. The maximum atomic E-state index is 12.5. The zero-order chi connectivity index (χ0) is 16.0. The summed E-state index contributed by atoms with van der Waals surface area (Å²) >= 11 is 2.91. The Morgan fingerprint density at radius 1 is 1.13 bits per heavy atom. The van der Waals surface area contributed by atoms with E-state index in [1.807, 2.05) is 29.0 Å². The summed E-state index contributed by atoms with van der Waals surface area (Å²) in [6.45, 7) is 1.63. The number of carbonyl (C=O) groups is 2. The number of fused-ring (bicyclic) bond motifs is 1. The average Bonchev–Trinajstić information content (AvgIpc) is 3.25. The molecule has 23 heavy (non-hydrogen) atoms. The molecule has 0 atom stereocenters.